The minimum Gasteiger partial charge on any atom is -0.485 e. The second-order valence-electron chi connectivity index (χ2n) is 8.94. The van der Waals surface area contributed by atoms with E-state index in [0.717, 1.165) is 24.8 Å². The van der Waals surface area contributed by atoms with Crippen LogP contribution in [0.4, 0.5) is 4.79 Å². The molecule has 0 bridgehead atoms. The van der Waals surface area contributed by atoms with Crippen molar-refractivity contribution in [2.75, 3.05) is 0 Å². The van der Waals surface area contributed by atoms with E-state index in [2.05, 4.69) is 17.3 Å². The zero-order valence-electron chi connectivity index (χ0n) is 19.1. The van der Waals surface area contributed by atoms with E-state index in [1.54, 1.807) is 26.8 Å². The number of carbonyl (C=O) groups excluding carboxylic acids is 3. The van der Waals surface area contributed by atoms with Crippen molar-refractivity contribution >= 4 is 17.9 Å². The summed E-state index contributed by atoms with van der Waals surface area (Å²) in [6.45, 7) is 9.14. The van der Waals surface area contributed by atoms with Crippen molar-refractivity contribution in [1.82, 2.24) is 15.8 Å². The van der Waals surface area contributed by atoms with Gasteiger partial charge in [0.1, 0.15) is 23.7 Å². The molecule has 1 saturated carbocycles. The number of nitrogens with one attached hydrogen (secondary N) is 2. The Hall–Kier alpha value is -3.77. The molecule has 2 aliphatic rings. The van der Waals surface area contributed by atoms with Gasteiger partial charge in [-0.15, -0.1) is 6.58 Å². The number of hydrogen-bond donors (Lipinski definition) is 2. The average molecular weight is 452 g/mol. The summed E-state index contributed by atoms with van der Waals surface area (Å²) in [6, 6.07) is 9.32. The molecule has 1 aliphatic heterocycles. The summed E-state index contributed by atoms with van der Waals surface area (Å²) in [6.07, 6.45) is 6.20. The molecule has 174 valence electrons. The van der Waals surface area contributed by atoms with Crippen LogP contribution in [0.1, 0.15) is 45.6 Å². The summed E-state index contributed by atoms with van der Waals surface area (Å²) >= 11 is 0. The van der Waals surface area contributed by atoms with Crippen LogP contribution in [-0.2, 0) is 25.7 Å². The van der Waals surface area contributed by atoms with Gasteiger partial charge in [0, 0.05) is 6.20 Å². The fourth-order valence-electron chi connectivity index (χ4n) is 3.42. The van der Waals surface area contributed by atoms with Crippen LogP contribution in [0.3, 0.4) is 0 Å². The Bertz CT molecular complexity index is 1030. The van der Waals surface area contributed by atoms with Crippen LogP contribution in [-0.4, -0.2) is 34.1 Å². The highest BCUT2D eigenvalue weighted by Gasteiger charge is 2.39. The van der Waals surface area contributed by atoms with Crippen molar-refractivity contribution < 1.29 is 23.9 Å². The molecule has 8 nitrogen and oxygen atoms in total. The fraction of sp³-hybridized carbons (Fsp3) is 0.360. The van der Waals surface area contributed by atoms with E-state index >= 15 is 0 Å². The van der Waals surface area contributed by atoms with Crippen LogP contribution in [0.15, 0.2) is 72.3 Å². The number of hydrogen-bond acceptors (Lipinski definition) is 6. The lowest BCUT2D eigenvalue weighted by molar-refractivity contribution is -0.121. The van der Waals surface area contributed by atoms with Crippen molar-refractivity contribution in [3.8, 4) is 0 Å². The van der Waals surface area contributed by atoms with E-state index < -0.39 is 23.1 Å². The van der Waals surface area contributed by atoms with E-state index in [0.29, 0.717) is 0 Å². The maximum Gasteiger partial charge on any atom is 0.426 e. The normalized spacial score (nSPS) is 16.9. The van der Waals surface area contributed by atoms with Crippen molar-refractivity contribution in [1.29, 1.82) is 0 Å². The maximum atomic E-state index is 13.4. The standard InChI is InChI=1S/C25H29N3O5/c1-5-25(13-9-14-25)26-22(30)20-21(32-17-18-10-7-6-8-11-18)19(16-29)12-15-28(20)27-23(31)33-24(2,3)4/h5-8,10-12,15H,1,9,13-14,17H2,2-4H3,(H,26,30)(H,27,31). The van der Waals surface area contributed by atoms with Gasteiger partial charge in [-0.05, 0) is 51.7 Å². The second-order valence-corrected chi connectivity index (χ2v) is 8.94. The van der Waals surface area contributed by atoms with E-state index in [4.69, 9.17) is 9.47 Å². The number of rotatable bonds is 7. The first-order valence-corrected chi connectivity index (χ1v) is 10.8. The number of nitrogens with zero attached hydrogens (tertiary/aromatic N) is 1. The molecule has 3 rings (SSSR count). The monoisotopic (exact) mass is 451 g/mol. The summed E-state index contributed by atoms with van der Waals surface area (Å²) in [5.74, 6) is 1.30. The first kappa shape index (κ1) is 23.9. The molecule has 0 saturated heterocycles. The number of ether oxygens (including phenoxy) is 2. The SMILES string of the molecule is C=CC1(NC(=O)C2=C(OCc3ccccc3)C(=C=O)C=CN2NC(=O)OC(C)(C)C)CCC1. The van der Waals surface area contributed by atoms with Crippen LogP contribution < -0.4 is 10.7 Å². The number of hydrazine groups is 1. The third-order valence-corrected chi connectivity index (χ3v) is 5.25. The van der Waals surface area contributed by atoms with E-state index in [9.17, 15) is 14.4 Å². The lowest BCUT2D eigenvalue weighted by atomic mass is 9.77. The summed E-state index contributed by atoms with van der Waals surface area (Å²) in [5.41, 5.74) is 2.10. The molecule has 1 aromatic rings. The highest BCUT2D eigenvalue weighted by atomic mass is 16.6. The van der Waals surface area contributed by atoms with Crippen LogP contribution in [0, 0.1) is 0 Å². The zero-order chi connectivity index (χ0) is 24.1. The van der Waals surface area contributed by atoms with Crippen molar-refractivity contribution in [2.45, 2.75) is 57.8 Å². The molecule has 8 heteroatoms. The van der Waals surface area contributed by atoms with Gasteiger partial charge in [0.05, 0.1) is 5.54 Å². The topological polar surface area (TPSA) is 97.0 Å². The Balaban J connectivity index is 1.95. The Labute approximate surface area is 193 Å². The van der Waals surface area contributed by atoms with E-state index in [1.165, 1.54) is 17.3 Å². The molecule has 1 aromatic carbocycles. The van der Waals surface area contributed by atoms with Gasteiger partial charge in [0.2, 0.25) is 0 Å². The van der Waals surface area contributed by atoms with Crippen LogP contribution in [0.5, 0.6) is 0 Å². The molecule has 2 N–H and O–H groups in total. The average Bonchev–Trinajstić information content (AvgIpc) is 2.74. The van der Waals surface area contributed by atoms with Crippen molar-refractivity contribution in [3.63, 3.8) is 0 Å². The predicted octanol–water partition coefficient (Wildman–Crippen LogP) is 3.67. The van der Waals surface area contributed by atoms with Gasteiger partial charge in [-0.3, -0.25) is 4.79 Å². The summed E-state index contributed by atoms with van der Waals surface area (Å²) < 4.78 is 11.2. The highest BCUT2D eigenvalue weighted by molar-refractivity contribution is 5.96. The van der Waals surface area contributed by atoms with E-state index in [-0.39, 0.29) is 23.6 Å². The lowest BCUT2D eigenvalue weighted by Gasteiger charge is -2.41. The molecule has 0 radical (unpaired) electrons. The van der Waals surface area contributed by atoms with Gasteiger partial charge < -0.3 is 14.8 Å². The molecule has 1 heterocycles. The molecule has 0 aromatic heterocycles. The molecule has 0 atom stereocenters. The molecule has 0 spiro atoms. The van der Waals surface area contributed by atoms with Crippen LogP contribution in [0.2, 0.25) is 0 Å². The molecule has 0 unspecified atom stereocenters. The number of carbonyl (C=O) groups is 2. The van der Waals surface area contributed by atoms with Gasteiger partial charge in [0.15, 0.2) is 11.5 Å². The van der Waals surface area contributed by atoms with Gasteiger partial charge in [-0.1, -0.05) is 36.4 Å². The molecular formula is C25H29N3O5. The van der Waals surface area contributed by atoms with Crippen LogP contribution in [0.25, 0.3) is 0 Å². The third-order valence-electron chi connectivity index (χ3n) is 5.25. The first-order chi connectivity index (χ1) is 15.7. The summed E-state index contributed by atoms with van der Waals surface area (Å²) in [5, 5.41) is 4.16. The maximum absolute atomic E-state index is 13.4. The number of benzene rings is 1. The first-order valence-electron chi connectivity index (χ1n) is 10.8. The predicted molar refractivity (Wildman–Crippen MR) is 123 cm³/mol. The number of amides is 2. The minimum absolute atomic E-state index is 0.00319. The summed E-state index contributed by atoms with van der Waals surface area (Å²) in [4.78, 5) is 37.5. The van der Waals surface area contributed by atoms with E-state index in [1.807, 2.05) is 36.3 Å². The molecule has 1 aliphatic carbocycles. The molecule has 1 fully saturated rings. The van der Waals surface area contributed by atoms with Crippen LogP contribution >= 0.6 is 0 Å². The van der Waals surface area contributed by atoms with Gasteiger partial charge in [-0.2, -0.15) is 0 Å². The Morgan fingerprint density at radius 3 is 2.48 bits per heavy atom. The smallest absolute Gasteiger partial charge is 0.426 e. The summed E-state index contributed by atoms with van der Waals surface area (Å²) in [7, 11) is 0. The quantitative estimate of drug-likeness (QED) is 0.485. The molecule has 2 amide bonds. The fourth-order valence-corrected chi connectivity index (χ4v) is 3.42. The lowest BCUT2D eigenvalue weighted by Crippen LogP contribution is -2.55. The van der Waals surface area contributed by atoms with Gasteiger partial charge in [0.25, 0.3) is 5.91 Å². The minimum atomic E-state index is -0.763. The molecular weight excluding hydrogens is 422 g/mol. The second kappa shape index (κ2) is 9.79. The third kappa shape index (κ3) is 5.93. The molecule has 33 heavy (non-hydrogen) atoms. The largest absolute Gasteiger partial charge is 0.485 e. The highest BCUT2D eigenvalue weighted by Crippen LogP contribution is 2.34. The van der Waals surface area contributed by atoms with Crippen molar-refractivity contribution in [3.05, 3.63) is 77.9 Å². The Morgan fingerprint density at radius 1 is 1.24 bits per heavy atom. The van der Waals surface area contributed by atoms with Gasteiger partial charge in [-0.25, -0.2) is 20.0 Å². The Morgan fingerprint density at radius 2 is 1.94 bits per heavy atom. The van der Waals surface area contributed by atoms with Gasteiger partial charge >= 0.3 is 6.09 Å². The Kier molecular flexibility index (Phi) is 7.09. The van der Waals surface area contributed by atoms with Crippen molar-refractivity contribution in [2.24, 2.45) is 0 Å². The number of allylic oxidation sites excluding steroid dienone is 1. The zero-order valence-corrected chi connectivity index (χ0v) is 19.1.